The van der Waals surface area contributed by atoms with Gasteiger partial charge in [-0.25, -0.2) is 4.98 Å². The third-order valence-electron chi connectivity index (χ3n) is 4.21. The van der Waals surface area contributed by atoms with Crippen molar-refractivity contribution in [1.82, 2.24) is 9.55 Å². The molecule has 2 aromatic heterocycles. The lowest BCUT2D eigenvalue weighted by Crippen LogP contribution is -2.24. The Labute approximate surface area is 159 Å². The third kappa shape index (κ3) is 3.39. The topological polar surface area (TPSA) is 78.0 Å². The number of rotatable bonds is 5. The largest absolute Gasteiger partial charge is 0.284 e. The highest BCUT2D eigenvalue weighted by atomic mass is 32.2. The first kappa shape index (κ1) is 18.6. The molecule has 0 bridgehead atoms. The zero-order chi connectivity index (χ0) is 19.0. The molecule has 2 heterocycles. The number of thiophene rings is 1. The molecule has 26 heavy (non-hydrogen) atoms. The molecule has 0 aliphatic rings. The molecular formula is C18H19N3O3S2. The van der Waals surface area contributed by atoms with Gasteiger partial charge >= 0.3 is 0 Å². The number of thioether (sulfide) groups is 1. The van der Waals surface area contributed by atoms with Gasteiger partial charge in [-0.3, -0.25) is 19.5 Å². The fourth-order valence-corrected chi connectivity index (χ4v) is 4.89. The minimum atomic E-state index is -0.403. The van der Waals surface area contributed by atoms with Crippen LogP contribution in [0.25, 0.3) is 10.2 Å². The van der Waals surface area contributed by atoms with E-state index in [1.165, 1.54) is 29.2 Å². The first-order valence-corrected chi connectivity index (χ1v) is 9.98. The summed E-state index contributed by atoms with van der Waals surface area (Å²) in [6, 6.07) is 6.52. The molecule has 0 unspecified atom stereocenters. The highest BCUT2D eigenvalue weighted by molar-refractivity contribution is 7.98. The van der Waals surface area contributed by atoms with Crippen LogP contribution < -0.4 is 5.56 Å². The molecule has 0 fully saturated rings. The molecule has 136 valence electrons. The minimum Gasteiger partial charge on any atom is -0.284 e. The van der Waals surface area contributed by atoms with Gasteiger partial charge in [0.2, 0.25) is 0 Å². The lowest BCUT2D eigenvalue weighted by molar-refractivity contribution is -0.384. The van der Waals surface area contributed by atoms with Gasteiger partial charge in [0.1, 0.15) is 4.83 Å². The van der Waals surface area contributed by atoms with Gasteiger partial charge in [-0.15, -0.1) is 11.3 Å². The van der Waals surface area contributed by atoms with Crippen LogP contribution in [0.5, 0.6) is 0 Å². The van der Waals surface area contributed by atoms with E-state index in [9.17, 15) is 14.9 Å². The monoisotopic (exact) mass is 389 g/mol. The Kier molecular flexibility index (Phi) is 5.15. The van der Waals surface area contributed by atoms with Crippen LogP contribution in [-0.2, 0) is 5.75 Å². The van der Waals surface area contributed by atoms with Crippen molar-refractivity contribution in [2.24, 2.45) is 0 Å². The number of benzene rings is 1. The van der Waals surface area contributed by atoms with Crippen LogP contribution in [0.3, 0.4) is 0 Å². The molecule has 0 saturated heterocycles. The molecule has 3 aromatic rings. The van der Waals surface area contributed by atoms with Crippen molar-refractivity contribution in [3.05, 3.63) is 60.7 Å². The van der Waals surface area contributed by atoms with E-state index in [-0.39, 0.29) is 17.3 Å². The van der Waals surface area contributed by atoms with Gasteiger partial charge in [0.05, 0.1) is 10.3 Å². The molecular weight excluding hydrogens is 370 g/mol. The van der Waals surface area contributed by atoms with E-state index in [1.54, 1.807) is 16.7 Å². The Hall–Kier alpha value is -2.19. The fourth-order valence-electron chi connectivity index (χ4n) is 2.75. The molecule has 0 saturated carbocycles. The Morgan fingerprint density at radius 3 is 2.73 bits per heavy atom. The summed E-state index contributed by atoms with van der Waals surface area (Å²) in [4.78, 5) is 30.1. The van der Waals surface area contributed by atoms with Crippen LogP contribution >= 0.6 is 23.1 Å². The smallest absolute Gasteiger partial charge is 0.269 e. The number of hydrogen-bond acceptors (Lipinski definition) is 6. The number of hydrogen-bond donors (Lipinski definition) is 0. The maximum Gasteiger partial charge on any atom is 0.269 e. The van der Waals surface area contributed by atoms with Gasteiger partial charge in [0.15, 0.2) is 5.16 Å². The average molecular weight is 390 g/mol. The molecule has 0 aliphatic heterocycles. The predicted octanol–water partition coefficient (Wildman–Crippen LogP) is 4.86. The summed E-state index contributed by atoms with van der Waals surface area (Å²) in [7, 11) is 0. The van der Waals surface area contributed by atoms with E-state index in [2.05, 4.69) is 0 Å². The molecule has 0 N–H and O–H groups in total. The van der Waals surface area contributed by atoms with Crippen LogP contribution in [0.15, 0.2) is 34.2 Å². The summed E-state index contributed by atoms with van der Waals surface area (Å²) in [6.07, 6.45) is 0. The zero-order valence-corrected chi connectivity index (χ0v) is 16.6. The molecule has 0 radical (unpaired) electrons. The van der Waals surface area contributed by atoms with E-state index >= 15 is 0 Å². The lowest BCUT2D eigenvalue weighted by atomic mass is 10.2. The summed E-state index contributed by atoms with van der Waals surface area (Å²) in [6.45, 7) is 7.87. The molecule has 1 aromatic carbocycles. The van der Waals surface area contributed by atoms with Crippen molar-refractivity contribution in [2.75, 3.05) is 0 Å². The number of aryl methyl sites for hydroxylation is 2. The van der Waals surface area contributed by atoms with Gasteiger partial charge in [-0.05, 0) is 38.8 Å². The Morgan fingerprint density at radius 2 is 2.08 bits per heavy atom. The second-order valence-electron chi connectivity index (χ2n) is 6.34. The van der Waals surface area contributed by atoms with Crippen molar-refractivity contribution in [2.45, 2.75) is 44.6 Å². The molecule has 3 rings (SSSR count). The fraction of sp³-hybridized carbons (Fsp3) is 0.333. The lowest BCUT2D eigenvalue weighted by Gasteiger charge is -2.15. The number of nitro groups is 1. The average Bonchev–Trinajstić information content (AvgIpc) is 2.87. The van der Waals surface area contributed by atoms with Crippen molar-refractivity contribution < 1.29 is 4.92 Å². The summed E-state index contributed by atoms with van der Waals surface area (Å²) in [5.74, 6) is 0.510. The van der Waals surface area contributed by atoms with Crippen LogP contribution in [0, 0.1) is 24.0 Å². The quantitative estimate of drug-likeness (QED) is 0.270. The Bertz CT molecular complexity index is 1050. The Balaban J connectivity index is 2.02. The van der Waals surface area contributed by atoms with Crippen molar-refractivity contribution >= 4 is 39.0 Å². The van der Waals surface area contributed by atoms with Crippen molar-refractivity contribution in [1.29, 1.82) is 0 Å². The molecule has 0 aliphatic carbocycles. The van der Waals surface area contributed by atoms with Gasteiger partial charge in [0.25, 0.3) is 11.2 Å². The number of aromatic nitrogens is 2. The third-order valence-corrected chi connectivity index (χ3v) is 6.33. The maximum absolute atomic E-state index is 13.0. The maximum atomic E-state index is 13.0. The standard InChI is InChI=1S/C18H19N3O3S2/c1-10(2)20-17(22)15-11(3)12(4)26-16(15)19-18(20)25-9-13-6-5-7-14(8-13)21(23)24/h5-8,10H,9H2,1-4H3. The van der Waals surface area contributed by atoms with Gasteiger partial charge in [-0.1, -0.05) is 23.9 Å². The van der Waals surface area contributed by atoms with E-state index < -0.39 is 4.92 Å². The van der Waals surface area contributed by atoms with Crippen LogP contribution in [0.2, 0.25) is 0 Å². The molecule has 6 nitrogen and oxygen atoms in total. The summed E-state index contributed by atoms with van der Waals surface area (Å²) in [5.41, 5.74) is 1.87. The number of nitrogens with zero attached hydrogens (tertiary/aromatic N) is 3. The molecule has 0 spiro atoms. The number of non-ortho nitro benzene ring substituents is 1. The van der Waals surface area contributed by atoms with E-state index in [1.807, 2.05) is 33.8 Å². The SMILES string of the molecule is Cc1sc2nc(SCc3cccc([N+](=O)[O-])c3)n(C(C)C)c(=O)c2c1C. The van der Waals surface area contributed by atoms with Gasteiger partial charge < -0.3 is 0 Å². The minimum absolute atomic E-state index is 0.0200. The van der Waals surface area contributed by atoms with Crippen LogP contribution in [0.1, 0.15) is 35.9 Å². The molecule has 0 amide bonds. The highest BCUT2D eigenvalue weighted by Gasteiger charge is 2.18. The first-order valence-electron chi connectivity index (χ1n) is 8.18. The number of fused-ring (bicyclic) bond motifs is 1. The molecule has 8 heteroatoms. The highest BCUT2D eigenvalue weighted by Crippen LogP contribution is 2.30. The second kappa shape index (κ2) is 7.20. The normalized spacial score (nSPS) is 11.4. The predicted molar refractivity (Wildman–Crippen MR) is 106 cm³/mol. The van der Waals surface area contributed by atoms with Crippen molar-refractivity contribution in [3.63, 3.8) is 0 Å². The van der Waals surface area contributed by atoms with Crippen LogP contribution in [-0.4, -0.2) is 14.5 Å². The summed E-state index contributed by atoms with van der Waals surface area (Å²) < 4.78 is 1.71. The van der Waals surface area contributed by atoms with Crippen LogP contribution in [0.4, 0.5) is 5.69 Å². The summed E-state index contributed by atoms with van der Waals surface area (Å²) >= 11 is 2.96. The van der Waals surface area contributed by atoms with Crippen molar-refractivity contribution in [3.8, 4) is 0 Å². The van der Waals surface area contributed by atoms with E-state index in [4.69, 9.17) is 4.98 Å². The molecule has 0 atom stereocenters. The van der Waals surface area contributed by atoms with E-state index in [0.717, 1.165) is 20.8 Å². The number of nitro benzene ring substituents is 1. The first-order chi connectivity index (χ1) is 12.3. The van der Waals surface area contributed by atoms with E-state index in [0.29, 0.717) is 16.3 Å². The zero-order valence-electron chi connectivity index (χ0n) is 15.0. The van der Waals surface area contributed by atoms with Gasteiger partial charge in [-0.2, -0.15) is 0 Å². The second-order valence-corrected chi connectivity index (χ2v) is 8.49. The summed E-state index contributed by atoms with van der Waals surface area (Å²) in [5, 5.41) is 12.3. The Morgan fingerprint density at radius 1 is 1.35 bits per heavy atom. The van der Waals surface area contributed by atoms with Gasteiger partial charge in [0, 0.05) is 28.8 Å².